The van der Waals surface area contributed by atoms with Crippen LogP contribution < -0.4 is 5.56 Å². The van der Waals surface area contributed by atoms with Crippen LogP contribution in [0.25, 0.3) is 0 Å². The van der Waals surface area contributed by atoms with E-state index in [1.807, 2.05) is 0 Å². The standard InChI is InChI=1S/C19H26N2O7S/c1-12-10-16(29(26,27)14-8-9-14)17(21(24)25)18(22)20(12)15(19(23)28-2)11-13-6-4-3-5-7-13/h10,13-15H,3-9,11H2,1-2H3. The van der Waals surface area contributed by atoms with Crippen molar-refractivity contribution in [2.75, 3.05) is 7.11 Å². The number of carbonyl (C=O) groups is 1. The molecule has 2 fully saturated rings. The van der Waals surface area contributed by atoms with Gasteiger partial charge in [0.15, 0.2) is 14.7 Å². The summed E-state index contributed by atoms with van der Waals surface area (Å²) in [6.07, 6.45) is 6.20. The average molecular weight is 426 g/mol. The number of rotatable bonds is 7. The maximum atomic E-state index is 13.1. The molecule has 2 aliphatic rings. The number of aromatic nitrogens is 1. The highest BCUT2D eigenvalue weighted by Crippen LogP contribution is 2.37. The summed E-state index contributed by atoms with van der Waals surface area (Å²) in [5.41, 5.74) is -1.86. The van der Waals surface area contributed by atoms with Crippen molar-refractivity contribution in [1.82, 2.24) is 4.57 Å². The SMILES string of the molecule is COC(=O)C(CC1CCCCC1)n1c(C)cc(S(=O)(=O)C2CC2)c([N+](=O)[O-])c1=O. The molecule has 1 aromatic rings. The molecule has 160 valence electrons. The highest BCUT2D eigenvalue weighted by molar-refractivity contribution is 7.92. The summed E-state index contributed by atoms with van der Waals surface area (Å²) in [6, 6.07) is 0.135. The van der Waals surface area contributed by atoms with Gasteiger partial charge in [-0.3, -0.25) is 19.5 Å². The minimum absolute atomic E-state index is 0.200. The molecule has 10 heteroatoms. The van der Waals surface area contributed by atoms with E-state index < -0.39 is 48.2 Å². The van der Waals surface area contributed by atoms with Crippen molar-refractivity contribution >= 4 is 21.5 Å². The summed E-state index contributed by atoms with van der Waals surface area (Å²) in [7, 11) is -2.75. The lowest BCUT2D eigenvalue weighted by molar-refractivity contribution is -0.389. The first-order valence-corrected chi connectivity index (χ1v) is 11.4. The molecule has 0 N–H and O–H groups in total. The lowest BCUT2D eigenvalue weighted by Gasteiger charge is -2.27. The molecule has 0 aromatic carbocycles. The van der Waals surface area contributed by atoms with Gasteiger partial charge in [0.05, 0.1) is 17.3 Å². The smallest absolute Gasteiger partial charge is 0.352 e. The van der Waals surface area contributed by atoms with E-state index in [1.54, 1.807) is 0 Å². The second-order valence-electron chi connectivity index (χ2n) is 7.95. The fourth-order valence-corrected chi connectivity index (χ4v) is 6.10. The zero-order valence-corrected chi connectivity index (χ0v) is 17.4. The first-order chi connectivity index (χ1) is 13.7. The molecule has 0 aliphatic heterocycles. The van der Waals surface area contributed by atoms with Crippen LogP contribution in [0.15, 0.2) is 15.8 Å². The Balaban J connectivity index is 2.13. The van der Waals surface area contributed by atoms with Crippen molar-refractivity contribution in [3.8, 4) is 0 Å². The highest BCUT2D eigenvalue weighted by Gasteiger charge is 2.43. The Kier molecular flexibility index (Phi) is 6.11. The minimum atomic E-state index is -3.95. The van der Waals surface area contributed by atoms with Crippen LogP contribution in [0.4, 0.5) is 5.69 Å². The number of hydrogen-bond donors (Lipinski definition) is 0. The van der Waals surface area contributed by atoms with Gasteiger partial charge in [0.25, 0.3) is 0 Å². The maximum absolute atomic E-state index is 13.1. The van der Waals surface area contributed by atoms with Crippen LogP contribution in [0.3, 0.4) is 0 Å². The third-order valence-electron chi connectivity index (χ3n) is 5.89. The van der Waals surface area contributed by atoms with E-state index in [4.69, 9.17) is 4.74 Å². The van der Waals surface area contributed by atoms with Crippen molar-refractivity contribution < 1.29 is 22.9 Å². The highest BCUT2D eigenvalue weighted by atomic mass is 32.2. The monoisotopic (exact) mass is 426 g/mol. The first kappa shape index (κ1) is 21.5. The van der Waals surface area contributed by atoms with E-state index in [0.717, 1.165) is 42.7 Å². The zero-order valence-electron chi connectivity index (χ0n) is 16.6. The average Bonchev–Trinajstić information content (AvgIpc) is 3.52. The number of hydrogen-bond acceptors (Lipinski definition) is 7. The second kappa shape index (κ2) is 8.25. The van der Waals surface area contributed by atoms with E-state index >= 15 is 0 Å². The Labute approximate surface area is 169 Å². The van der Waals surface area contributed by atoms with Gasteiger partial charge in [-0.15, -0.1) is 0 Å². The molecule has 9 nitrogen and oxygen atoms in total. The van der Waals surface area contributed by atoms with Gasteiger partial charge in [0.2, 0.25) is 0 Å². The quantitative estimate of drug-likeness (QED) is 0.373. The normalized spacial score (nSPS) is 19.0. The van der Waals surface area contributed by atoms with Crippen LogP contribution in [0.1, 0.15) is 63.1 Å². The first-order valence-electron chi connectivity index (χ1n) is 9.90. The molecule has 2 aliphatic carbocycles. The summed E-state index contributed by atoms with van der Waals surface area (Å²) < 4.78 is 31.3. The van der Waals surface area contributed by atoms with Crippen molar-refractivity contribution in [3.05, 3.63) is 32.2 Å². The van der Waals surface area contributed by atoms with Crippen molar-refractivity contribution in [2.45, 2.75) is 74.5 Å². The predicted octanol–water partition coefficient (Wildman–Crippen LogP) is 2.69. The lowest BCUT2D eigenvalue weighted by Crippen LogP contribution is -2.36. The van der Waals surface area contributed by atoms with E-state index in [1.165, 1.54) is 14.0 Å². The van der Waals surface area contributed by atoms with Crippen LogP contribution in [-0.4, -0.2) is 36.2 Å². The number of nitrogens with zero attached hydrogens (tertiary/aromatic N) is 2. The second-order valence-corrected chi connectivity index (χ2v) is 10.2. The number of sulfone groups is 1. The molecule has 29 heavy (non-hydrogen) atoms. The van der Waals surface area contributed by atoms with E-state index in [0.29, 0.717) is 19.3 Å². The number of ether oxygens (including phenoxy) is 1. The zero-order chi connectivity index (χ0) is 21.3. The molecule has 1 heterocycles. The van der Waals surface area contributed by atoms with Crippen molar-refractivity contribution in [1.29, 1.82) is 0 Å². The Bertz CT molecular complexity index is 973. The fraction of sp³-hybridized carbons (Fsp3) is 0.684. The molecule has 0 spiro atoms. The summed E-state index contributed by atoms with van der Waals surface area (Å²) in [4.78, 5) is 35.7. The van der Waals surface area contributed by atoms with Crippen LogP contribution in [-0.2, 0) is 19.4 Å². The number of esters is 1. The molecule has 1 atom stereocenters. The van der Waals surface area contributed by atoms with Crippen molar-refractivity contribution in [2.24, 2.45) is 5.92 Å². The Morgan fingerprint density at radius 1 is 1.28 bits per heavy atom. The molecule has 0 radical (unpaired) electrons. The fourth-order valence-electron chi connectivity index (χ4n) is 4.22. The predicted molar refractivity (Wildman–Crippen MR) is 105 cm³/mol. The number of methoxy groups -OCH3 is 1. The largest absolute Gasteiger partial charge is 0.467 e. The molecule has 0 bridgehead atoms. The van der Waals surface area contributed by atoms with Crippen LogP contribution in [0.5, 0.6) is 0 Å². The van der Waals surface area contributed by atoms with Gasteiger partial charge in [-0.05, 0) is 38.2 Å². The summed E-state index contributed by atoms with van der Waals surface area (Å²) in [6.45, 7) is 1.49. The van der Waals surface area contributed by atoms with Gasteiger partial charge >= 0.3 is 17.2 Å². The Hall–Kier alpha value is -2.23. The number of nitro groups is 1. The molecule has 2 saturated carbocycles. The van der Waals surface area contributed by atoms with Crippen LogP contribution in [0.2, 0.25) is 0 Å². The van der Waals surface area contributed by atoms with Gasteiger partial charge in [0.1, 0.15) is 6.04 Å². The Morgan fingerprint density at radius 2 is 1.90 bits per heavy atom. The maximum Gasteiger partial charge on any atom is 0.352 e. The lowest BCUT2D eigenvalue weighted by atomic mass is 9.84. The van der Waals surface area contributed by atoms with Gasteiger partial charge in [-0.25, -0.2) is 13.2 Å². The molecular formula is C19H26N2O7S. The molecule has 0 saturated heterocycles. The minimum Gasteiger partial charge on any atom is -0.467 e. The summed E-state index contributed by atoms with van der Waals surface area (Å²) in [5.74, 6) is -0.457. The third kappa shape index (κ3) is 4.22. The summed E-state index contributed by atoms with van der Waals surface area (Å²) >= 11 is 0. The van der Waals surface area contributed by atoms with E-state index in [9.17, 15) is 28.1 Å². The van der Waals surface area contributed by atoms with Gasteiger partial charge in [-0.2, -0.15) is 0 Å². The third-order valence-corrected chi connectivity index (χ3v) is 8.17. The number of aryl methyl sites for hydroxylation is 1. The topological polar surface area (TPSA) is 126 Å². The molecule has 3 rings (SSSR count). The van der Waals surface area contributed by atoms with Gasteiger partial charge in [0, 0.05) is 5.69 Å². The molecule has 1 unspecified atom stereocenters. The summed E-state index contributed by atoms with van der Waals surface area (Å²) in [5, 5.41) is 11.0. The van der Waals surface area contributed by atoms with Gasteiger partial charge < -0.3 is 4.74 Å². The number of pyridine rings is 1. The van der Waals surface area contributed by atoms with E-state index in [2.05, 4.69) is 0 Å². The van der Waals surface area contributed by atoms with Crippen molar-refractivity contribution in [3.63, 3.8) is 0 Å². The molecular weight excluding hydrogens is 400 g/mol. The van der Waals surface area contributed by atoms with Crippen LogP contribution in [0, 0.1) is 23.0 Å². The number of carbonyl (C=O) groups excluding carboxylic acids is 1. The Morgan fingerprint density at radius 3 is 2.41 bits per heavy atom. The molecule has 1 aromatic heterocycles. The van der Waals surface area contributed by atoms with Gasteiger partial charge in [-0.1, -0.05) is 32.1 Å². The van der Waals surface area contributed by atoms with E-state index in [-0.39, 0.29) is 11.6 Å². The van der Waals surface area contributed by atoms with Crippen LogP contribution >= 0.6 is 0 Å². The molecule has 0 amide bonds.